The summed E-state index contributed by atoms with van der Waals surface area (Å²) in [6.45, 7) is 1.95. The molecule has 2 heterocycles. The van der Waals surface area contributed by atoms with E-state index >= 15 is 0 Å². The Morgan fingerprint density at radius 3 is 2.71 bits per heavy atom. The quantitative estimate of drug-likeness (QED) is 0.856. The van der Waals surface area contributed by atoms with Gasteiger partial charge in [0.15, 0.2) is 5.69 Å². The molecule has 1 unspecified atom stereocenters. The molecule has 6 heteroatoms. The second-order valence-corrected chi connectivity index (χ2v) is 3.73. The fourth-order valence-corrected chi connectivity index (χ4v) is 1.53. The number of H-pyrrole nitrogens is 1. The summed E-state index contributed by atoms with van der Waals surface area (Å²) >= 11 is 0. The summed E-state index contributed by atoms with van der Waals surface area (Å²) in [6.07, 6.45) is 4.83. The van der Waals surface area contributed by atoms with Crippen LogP contribution in [0.3, 0.4) is 0 Å². The number of nitrogens with one attached hydrogen (secondary N) is 1. The molecule has 17 heavy (non-hydrogen) atoms. The first-order valence-electron chi connectivity index (χ1n) is 5.23. The maximum absolute atomic E-state index is 12.0. The van der Waals surface area contributed by atoms with Gasteiger partial charge in [0.2, 0.25) is 0 Å². The van der Waals surface area contributed by atoms with E-state index in [9.17, 15) is 4.79 Å². The summed E-state index contributed by atoms with van der Waals surface area (Å²) < 4.78 is 0. The topological polar surface area (TPSA) is 74.8 Å². The number of aromatic nitrogens is 4. The maximum Gasteiger partial charge on any atom is 0.276 e. The van der Waals surface area contributed by atoms with Gasteiger partial charge in [0.25, 0.3) is 5.91 Å². The first-order chi connectivity index (χ1) is 8.20. The van der Waals surface area contributed by atoms with Crippen molar-refractivity contribution in [3.05, 3.63) is 42.0 Å². The Morgan fingerprint density at radius 1 is 1.41 bits per heavy atom. The Hall–Kier alpha value is -2.24. The fraction of sp³-hybridized carbons (Fsp3) is 0.273. The van der Waals surface area contributed by atoms with E-state index in [0.29, 0.717) is 5.69 Å². The summed E-state index contributed by atoms with van der Waals surface area (Å²) in [5.41, 5.74) is 1.34. The van der Waals surface area contributed by atoms with E-state index in [4.69, 9.17) is 0 Å². The van der Waals surface area contributed by atoms with Crippen molar-refractivity contribution in [2.45, 2.75) is 13.0 Å². The Morgan fingerprint density at radius 2 is 2.12 bits per heavy atom. The van der Waals surface area contributed by atoms with Crippen LogP contribution in [0.5, 0.6) is 0 Å². The molecule has 0 bridgehead atoms. The van der Waals surface area contributed by atoms with Gasteiger partial charge in [-0.2, -0.15) is 15.4 Å². The highest BCUT2D eigenvalue weighted by Gasteiger charge is 2.20. The van der Waals surface area contributed by atoms with Crippen LogP contribution in [-0.2, 0) is 0 Å². The van der Waals surface area contributed by atoms with Crippen molar-refractivity contribution in [3.63, 3.8) is 0 Å². The third-order valence-electron chi connectivity index (χ3n) is 2.72. The van der Waals surface area contributed by atoms with Crippen molar-refractivity contribution in [1.29, 1.82) is 0 Å². The Labute approximate surface area is 98.7 Å². The Kier molecular flexibility index (Phi) is 3.13. The van der Waals surface area contributed by atoms with Crippen LogP contribution in [0.25, 0.3) is 0 Å². The van der Waals surface area contributed by atoms with Crippen LogP contribution in [-0.4, -0.2) is 38.2 Å². The van der Waals surface area contributed by atoms with Gasteiger partial charge in [0.1, 0.15) is 0 Å². The normalized spacial score (nSPS) is 12.1. The molecule has 0 aliphatic heterocycles. The van der Waals surface area contributed by atoms with Crippen LogP contribution < -0.4 is 0 Å². The van der Waals surface area contributed by atoms with Crippen molar-refractivity contribution in [3.8, 4) is 0 Å². The number of carbonyl (C=O) groups excluding carboxylic acids is 1. The second-order valence-electron chi connectivity index (χ2n) is 3.73. The average molecular weight is 231 g/mol. The first-order valence-corrected chi connectivity index (χ1v) is 5.23. The third kappa shape index (κ3) is 2.30. The zero-order valence-corrected chi connectivity index (χ0v) is 9.66. The molecule has 0 saturated heterocycles. The molecule has 0 fully saturated rings. The minimum atomic E-state index is -0.164. The van der Waals surface area contributed by atoms with E-state index in [1.165, 1.54) is 6.20 Å². The van der Waals surface area contributed by atoms with E-state index in [1.807, 2.05) is 19.1 Å². The monoisotopic (exact) mass is 231 g/mol. The molecule has 1 atom stereocenters. The molecular weight excluding hydrogens is 218 g/mol. The van der Waals surface area contributed by atoms with Gasteiger partial charge in [-0.25, -0.2) is 0 Å². The van der Waals surface area contributed by atoms with Gasteiger partial charge in [-0.1, -0.05) is 0 Å². The Balaban J connectivity index is 2.15. The van der Waals surface area contributed by atoms with E-state index in [0.717, 1.165) is 5.56 Å². The predicted octanol–water partition coefficient (Wildman–Crippen LogP) is 1.03. The molecule has 6 nitrogen and oxygen atoms in total. The first kappa shape index (κ1) is 11.3. The van der Waals surface area contributed by atoms with Gasteiger partial charge >= 0.3 is 0 Å². The summed E-state index contributed by atoms with van der Waals surface area (Å²) in [5, 5.41) is 9.82. The average Bonchev–Trinajstić information content (AvgIpc) is 2.91. The van der Waals surface area contributed by atoms with Gasteiger partial charge < -0.3 is 4.90 Å². The molecule has 0 radical (unpaired) electrons. The molecule has 1 amide bonds. The molecule has 2 aromatic heterocycles. The van der Waals surface area contributed by atoms with Crippen LogP contribution in [0.1, 0.15) is 29.0 Å². The smallest absolute Gasteiger partial charge is 0.276 e. The van der Waals surface area contributed by atoms with Gasteiger partial charge in [-0.3, -0.25) is 9.78 Å². The highest BCUT2D eigenvalue weighted by atomic mass is 16.2. The standard InChI is InChI=1S/C11H13N5O/c1-8(9-3-5-12-6-4-9)16(2)11(17)10-7-13-15-14-10/h3-8H,1-2H3,(H,13,14,15). The molecule has 2 aromatic rings. The summed E-state index contributed by atoms with van der Waals surface area (Å²) in [4.78, 5) is 17.6. The molecule has 0 spiro atoms. The van der Waals surface area contributed by atoms with Gasteiger partial charge in [0.05, 0.1) is 12.2 Å². The minimum absolute atomic E-state index is 0.0396. The van der Waals surface area contributed by atoms with Crippen LogP contribution >= 0.6 is 0 Å². The number of amides is 1. The van der Waals surface area contributed by atoms with Crippen LogP contribution in [0, 0.1) is 0 Å². The summed E-state index contributed by atoms with van der Waals surface area (Å²) in [6, 6.07) is 3.73. The molecular formula is C11H13N5O. The SMILES string of the molecule is CC(c1ccncc1)N(C)C(=O)c1cn[nH]n1. The molecule has 88 valence electrons. The zero-order valence-electron chi connectivity index (χ0n) is 9.66. The molecule has 1 N–H and O–H groups in total. The maximum atomic E-state index is 12.0. The number of aromatic amines is 1. The number of nitrogens with zero attached hydrogens (tertiary/aromatic N) is 4. The van der Waals surface area contributed by atoms with E-state index < -0.39 is 0 Å². The van der Waals surface area contributed by atoms with Gasteiger partial charge in [-0.15, -0.1) is 0 Å². The molecule has 0 aliphatic carbocycles. The lowest BCUT2D eigenvalue weighted by atomic mass is 10.1. The summed E-state index contributed by atoms with van der Waals surface area (Å²) in [5.74, 6) is -0.164. The van der Waals surface area contributed by atoms with Crippen LogP contribution in [0.15, 0.2) is 30.7 Å². The second kappa shape index (κ2) is 4.73. The minimum Gasteiger partial charge on any atom is -0.334 e. The van der Waals surface area contributed by atoms with Crippen molar-refractivity contribution in [2.75, 3.05) is 7.05 Å². The summed E-state index contributed by atoms with van der Waals surface area (Å²) in [7, 11) is 1.74. The van der Waals surface area contributed by atoms with E-state index in [-0.39, 0.29) is 11.9 Å². The predicted molar refractivity (Wildman–Crippen MR) is 61.1 cm³/mol. The highest BCUT2D eigenvalue weighted by Crippen LogP contribution is 2.18. The van der Waals surface area contributed by atoms with E-state index in [1.54, 1.807) is 24.3 Å². The largest absolute Gasteiger partial charge is 0.334 e. The lowest BCUT2D eigenvalue weighted by Gasteiger charge is -2.24. The molecule has 0 aromatic carbocycles. The zero-order chi connectivity index (χ0) is 12.3. The van der Waals surface area contributed by atoms with Gasteiger partial charge in [0, 0.05) is 19.4 Å². The van der Waals surface area contributed by atoms with Crippen molar-refractivity contribution in [1.82, 2.24) is 25.3 Å². The number of hydrogen-bond acceptors (Lipinski definition) is 4. The number of pyridine rings is 1. The molecule has 2 rings (SSSR count). The van der Waals surface area contributed by atoms with Crippen molar-refractivity contribution in [2.24, 2.45) is 0 Å². The number of hydrogen-bond donors (Lipinski definition) is 1. The van der Waals surface area contributed by atoms with Crippen molar-refractivity contribution >= 4 is 5.91 Å². The molecule has 0 aliphatic rings. The lowest BCUT2D eigenvalue weighted by Crippen LogP contribution is -2.29. The third-order valence-corrected chi connectivity index (χ3v) is 2.72. The molecule has 0 saturated carbocycles. The van der Waals surface area contributed by atoms with Gasteiger partial charge in [-0.05, 0) is 24.6 Å². The van der Waals surface area contributed by atoms with Crippen molar-refractivity contribution < 1.29 is 4.79 Å². The number of carbonyl (C=O) groups is 1. The number of rotatable bonds is 3. The van der Waals surface area contributed by atoms with E-state index in [2.05, 4.69) is 20.4 Å². The lowest BCUT2D eigenvalue weighted by molar-refractivity contribution is 0.0736. The highest BCUT2D eigenvalue weighted by molar-refractivity contribution is 5.91. The Bertz CT molecular complexity index is 482. The van der Waals surface area contributed by atoms with Crippen LogP contribution in [0.4, 0.5) is 0 Å². The fourth-order valence-electron chi connectivity index (χ4n) is 1.53. The van der Waals surface area contributed by atoms with Crippen LogP contribution in [0.2, 0.25) is 0 Å².